The molecule has 0 unspecified atom stereocenters. The van der Waals surface area contributed by atoms with E-state index < -0.39 is 0 Å². The maximum Gasteiger partial charge on any atom is 0.121 e. The third-order valence-corrected chi connectivity index (χ3v) is 1.71. The van der Waals surface area contributed by atoms with Crippen LogP contribution in [0.15, 0.2) is 18.2 Å². The first kappa shape index (κ1) is 9.03. The van der Waals surface area contributed by atoms with Crippen molar-refractivity contribution in [3.8, 4) is 5.75 Å². The van der Waals surface area contributed by atoms with Crippen LogP contribution >= 0.6 is 0 Å². The van der Waals surface area contributed by atoms with Gasteiger partial charge in [-0.3, -0.25) is 0 Å². The van der Waals surface area contributed by atoms with E-state index in [-0.39, 0.29) is 19.0 Å². The zero-order valence-corrected chi connectivity index (χ0v) is 6.70. The van der Waals surface area contributed by atoms with Crippen LogP contribution in [0.1, 0.15) is 11.1 Å². The van der Waals surface area contributed by atoms with Gasteiger partial charge in [0.05, 0.1) is 6.61 Å². The number of phenols is 1. The molecule has 12 heavy (non-hydrogen) atoms. The van der Waals surface area contributed by atoms with Gasteiger partial charge in [-0.15, -0.1) is 0 Å². The minimum absolute atomic E-state index is 0.0790. The molecule has 0 aliphatic carbocycles. The van der Waals surface area contributed by atoms with Crippen molar-refractivity contribution in [2.45, 2.75) is 13.0 Å². The topological polar surface area (TPSA) is 60.7 Å². The van der Waals surface area contributed by atoms with Gasteiger partial charge in [-0.25, -0.2) is 0 Å². The minimum atomic E-state index is -0.175. The highest BCUT2D eigenvalue weighted by atomic mass is 16.3. The van der Waals surface area contributed by atoms with Crippen molar-refractivity contribution in [2.75, 3.05) is 6.61 Å². The van der Waals surface area contributed by atoms with Gasteiger partial charge in [0.25, 0.3) is 0 Å². The van der Waals surface area contributed by atoms with Crippen LogP contribution in [0.5, 0.6) is 5.75 Å². The molecular weight excluding hydrogens is 156 g/mol. The van der Waals surface area contributed by atoms with E-state index in [9.17, 15) is 5.11 Å². The Hall–Kier alpha value is -1.06. The second-order valence-electron chi connectivity index (χ2n) is 2.59. The third kappa shape index (κ3) is 1.96. The van der Waals surface area contributed by atoms with Gasteiger partial charge in [0.1, 0.15) is 5.75 Å². The fourth-order valence-corrected chi connectivity index (χ4v) is 1.05. The molecule has 0 amide bonds. The van der Waals surface area contributed by atoms with Gasteiger partial charge in [-0.1, -0.05) is 6.07 Å². The lowest BCUT2D eigenvalue weighted by Crippen LogP contribution is -1.92. The second kappa shape index (κ2) is 4.09. The van der Waals surface area contributed by atoms with Gasteiger partial charge in [0.2, 0.25) is 0 Å². The van der Waals surface area contributed by atoms with E-state index in [0.29, 0.717) is 12.0 Å². The lowest BCUT2D eigenvalue weighted by molar-refractivity contribution is 0.274. The first-order chi connectivity index (χ1) is 5.77. The largest absolute Gasteiger partial charge is 0.508 e. The molecule has 0 atom stereocenters. The van der Waals surface area contributed by atoms with E-state index in [2.05, 4.69) is 0 Å². The van der Waals surface area contributed by atoms with Crippen molar-refractivity contribution in [1.82, 2.24) is 0 Å². The number of aliphatic hydroxyl groups excluding tert-OH is 2. The van der Waals surface area contributed by atoms with Gasteiger partial charge in [-0.2, -0.15) is 0 Å². The molecule has 0 spiro atoms. The Kier molecular flexibility index (Phi) is 3.08. The lowest BCUT2D eigenvalue weighted by atomic mass is 10.1. The average molecular weight is 168 g/mol. The molecule has 0 aromatic heterocycles. The number of aliphatic hydroxyl groups is 2. The summed E-state index contributed by atoms with van der Waals surface area (Å²) in [6, 6.07) is 4.94. The summed E-state index contributed by atoms with van der Waals surface area (Å²) in [5.74, 6) is 0.0965. The molecule has 3 nitrogen and oxygen atoms in total. The standard InChI is InChI=1S/C9H12O3/c10-4-3-7-1-2-9(12)8(5-7)6-11/h1-2,5,10-12H,3-4,6H2. The molecular formula is C9H12O3. The monoisotopic (exact) mass is 168 g/mol. The lowest BCUT2D eigenvalue weighted by Gasteiger charge is -2.03. The molecule has 0 radical (unpaired) electrons. The summed E-state index contributed by atoms with van der Waals surface area (Å²) < 4.78 is 0. The number of hydrogen-bond donors (Lipinski definition) is 3. The molecule has 0 saturated carbocycles. The van der Waals surface area contributed by atoms with Crippen LogP contribution in [0.3, 0.4) is 0 Å². The van der Waals surface area contributed by atoms with Crippen LogP contribution < -0.4 is 0 Å². The van der Waals surface area contributed by atoms with Gasteiger partial charge < -0.3 is 15.3 Å². The highest BCUT2D eigenvalue weighted by Gasteiger charge is 2.00. The van der Waals surface area contributed by atoms with Crippen LogP contribution in [0.2, 0.25) is 0 Å². The Morgan fingerprint density at radius 2 is 1.92 bits per heavy atom. The molecule has 1 aromatic rings. The quantitative estimate of drug-likeness (QED) is 0.613. The molecule has 1 rings (SSSR count). The van der Waals surface area contributed by atoms with Gasteiger partial charge >= 0.3 is 0 Å². The van der Waals surface area contributed by atoms with Crippen LogP contribution in [0.25, 0.3) is 0 Å². The van der Waals surface area contributed by atoms with E-state index in [1.54, 1.807) is 12.1 Å². The fourth-order valence-electron chi connectivity index (χ4n) is 1.05. The first-order valence-electron chi connectivity index (χ1n) is 3.80. The molecule has 66 valence electrons. The predicted molar refractivity (Wildman–Crippen MR) is 44.8 cm³/mol. The predicted octanol–water partition coefficient (Wildman–Crippen LogP) is 0.419. The molecule has 0 aliphatic heterocycles. The SMILES string of the molecule is OCCc1ccc(O)c(CO)c1. The average Bonchev–Trinajstić information content (AvgIpc) is 2.09. The second-order valence-corrected chi connectivity index (χ2v) is 2.59. The molecule has 1 aromatic carbocycles. The summed E-state index contributed by atoms with van der Waals surface area (Å²) in [6.07, 6.45) is 0.549. The zero-order chi connectivity index (χ0) is 8.97. The third-order valence-electron chi connectivity index (χ3n) is 1.71. The Morgan fingerprint density at radius 3 is 2.50 bits per heavy atom. The molecule has 0 fully saturated rings. The summed E-state index contributed by atoms with van der Waals surface area (Å²) in [6.45, 7) is -0.0965. The summed E-state index contributed by atoms with van der Waals surface area (Å²) >= 11 is 0. The van der Waals surface area contributed by atoms with E-state index in [0.717, 1.165) is 5.56 Å². The Morgan fingerprint density at radius 1 is 1.17 bits per heavy atom. The van der Waals surface area contributed by atoms with E-state index in [1.807, 2.05) is 0 Å². The van der Waals surface area contributed by atoms with Crippen molar-refractivity contribution >= 4 is 0 Å². The number of rotatable bonds is 3. The van der Waals surface area contributed by atoms with Crippen molar-refractivity contribution < 1.29 is 15.3 Å². The van der Waals surface area contributed by atoms with Gasteiger partial charge in [-0.05, 0) is 24.1 Å². The summed E-state index contributed by atoms with van der Waals surface area (Å²) in [4.78, 5) is 0. The number of aromatic hydroxyl groups is 1. The van der Waals surface area contributed by atoms with Crippen LogP contribution in [0, 0.1) is 0 Å². The Balaban J connectivity index is 2.89. The highest BCUT2D eigenvalue weighted by molar-refractivity contribution is 5.35. The van der Waals surface area contributed by atoms with Crippen LogP contribution in [-0.2, 0) is 13.0 Å². The number of benzene rings is 1. The van der Waals surface area contributed by atoms with Crippen molar-refractivity contribution in [1.29, 1.82) is 0 Å². The van der Waals surface area contributed by atoms with Crippen molar-refractivity contribution in [3.63, 3.8) is 0 Å². The summed E-state index contributed by atoms with van der Waals surface area (Å²) in [7, 11) is 0. The first-order valence-corrected chi connectivity index (χ1v) is 3.80. The van der Waals surface area contributed by atoms with Gasteiger partial charge in [0.15, 0.2) is 0 Å². The summed E-state index contributed by atoms with van der Waals surface area (Å²) in [5.41, 5.74) is 1.42. The van der Waals surface area contributed by atoms with E-state index >= 15 is 0 Å². The normalized spacial score (nSPS) is 10.2. The minimum Gasteiger partial charge on any atom is -0.508 e. The Bertz CT molecular complexity index is 258. The molecule has 0 heterocycles. The molecule has 0 saturated heterocycles. The smallest absolute Gasteiger partial charge is 0.121 e. The van der Waals surface area contributed by atoms with E-state index in [1.165, 1.54) is 6.07 Å². The van der Waals surface area contributed by atoms with Gasteiger partial charge in [0, 0.05) is 12.2 Å². The highest BCUT2D eigenvalue weighted by Crippen LogP contribution is 2.18. The Labute approximate surface area is 70.9 Å². The maximum atomic E-state index is 9.18. The molecule has 0 bridgehead atoms. The van der Waals surface area contributed by atoms with Crippen molar-refractivity contribution in [3.05, 3.63) is 29.3 Å². The molecule has 0 aliphatic rings. The maximum absolute atomic E-state index is 9.18. The summed E-state index contributed by atoms with van der Waals surface area (Å²) in [5, 5.41) is 26.6. The van der Waals surface area contributed by atoms with Crippen LogP contribution in [-0.4, -0.2) is 21.9 Å². The fraction of sp³-hybridized carbons (Fsp3) is 0.333. The molecule has 3 heteroatoms. The molecule has 3 N–H and O–H groups in total. The van der Waals surface area contributed by atoms with Crippen LogP contribution in [0.4, 0.5) is 0 Å². The number of hydrogen-bond acceptors (Lipinski definition) is 3. The van der Waals surface area contributed by atoms with Crippen molar-refractivity contribution in [2.24, 2.45) is 0 Å². The van der Waals surface area contributed by atoms with E-state index in [4.69, 9.17) is 10.2 Å². The zero-order valence-electron chi connectivity index (χ0n) is 6.70.